The Balaban J connectivity index is 1.49. The molecule has 0 radical (unpaired) electrons. The molecule has 0 aliphatic carbocycles. The van der Waals surface area contributed by atoms with Crippen LogP contribution in [0.4, 0.5) is 18.9 Å². The van der Waals surface area contributed by atoms with E-state index in [0.717, 1.165) is 16.0 Å². The number of aryl methyl sites for hydroxylation is 1. The van der Waals surface area contributed by atoms with Crippen LogP contribution in [0.15, 0.2) is 103 Å². The first-order valence-electron chi connectivity index (χ1n) is 12.4. The van der Waals surface area contributed by atoms with Gasteiger partial charge in [-0.3, -0.25) is 9.69 Å². The summed E-state index contributed by atoms with van der Waals surface area (Å²) in [5, 5.41) is 0. The van der Waals surface area contributed by atoms with E-state index in [2.05, 4.69) is 0 Å². The number of rotatable bonds is 7. The van der Waals surface area contributed by atoms with Crippen molar-refractivity contribution in [2.75, 3.05) is 4.90 Å². The van der Waals surface area contributed by atoms with Crippen LogP contribution in [-0.2, 0) is 19.6 Å². The number of alkyl halides is 3. The van der Waals surface area contributed by atoms with Gasteiger partial charge in [-0.2, -0.15) is 13.2 Å². The van der Waals surface area contributed by atoms with Gasteiger partial charge in [-0.25, -0.2) is 0 Å². The van der Waals surface area contributed by atoms with E-state index in [1.165, 1.54) is 6.07 Å². The van der Waals surface area contributed by atoms with E-state index in [1.54, 1.807) is 36.4 Å². The molecule has 0 fully saturated rings. The molecule has 7 heteroatoms. The number of halogens is 3. The van der Waals surface area contributed by atoms with Crippen molar-refractivity contribution in [3.8, 4) is 11.5 Å². The number of fused-ring (bicyclic) bond motifs is 1. The fourth-order valence-electron chi connectivity index (χ4n) is 4.60. The molecule has 0 saturated carbocycles. The van der Waals surface area contributed by atoms with E-state index in [1.807, 2.05) is 60.7 Å². The number of carbonyl (C=O) groups excluding carboxylic acids is 1. The molecule has 0 spiro atoms. The SMILES string of the molecule is O=C(c1ccc(OCc2ccccc2)cc1OCc1ccccc1)N1c2ccccc2CCC1C(F)(F)F. The van der Waals surface area contributed by atoms with Gasteiger partial charge in [0.1, 0.15) is 30.8 Å². The molecule has 1 amide bonds. The van der Waals surface area contributed by atoms with Crippen LogP contribution in [0.2, 0.25) is 0 Å². The first-order chi connectivity index (χ1) is 18.4. The molecule has 0 saturated heterocycles. The first-order valence-corrected chi connectivity index (χ1v) is 12.4. The number of nitrogens with zero attached hydrogens (tertiary/aromatic N) is 1. The molecule has 1 aliphatic heterocycles. The highest BCUT2D eigenvalue weighted by molar-refractivity contribution is 6.09. The van der Waals surface area contributed by atoms with Gasteiger partial charge in [0.05, 0.1) is 5.56 Å². The number of carbonyl (C=O) groups is 1. The monoisotopic (exact) mass is 517 g/mol. The fraction of sp³-hybridized carbons (Fsp3) is 0.194. The Morgan fingerprint density at radius 1 is 0.789 bits per heavy atom. The normalized spacial score (nSPS) is 15.0. The van der Waals surface area contributed by atoms with E-state index < -0.39 is 18.1 Å². The van der Waals surface area contributed by atoms with Crippen molar-refractivity contribution < 1.29 is 27.4 Å². The van der Waals surface area contributed by atoms with Crippen molar-refractivity contribution in [1.29, 1.82) is 0 Å². The summed E-state index contributed by atoms with van der Waals surface area (Å²) < 4.78 is 54.3. The molecule has 4 nitrogen and oxygen atoms in total. The van der Waals surface area contributed by atoms with E-state index in [4.69, 9.17) is 9.47 Å². The van der Waals surface area contributed by atoms with Gasteiger partial charge in [-0.1, -0.05) is 78.9 Å². The number of hydrogen-bond donors (Lipinski definition) is 0. The summed E-state index contributed by atoms with van der Waals surface area (Å²) >= 11 is 0. The summed E-state index contributed by atoms with van der Waals surface area (Å²) in [6.45, 7) is 0.435. The van der Waals surface area contributed by atoms with Crippen LogP contribution in [0.5, 0.6) is 11.5 Å². The Hall–Kier alpha value is -4.26. The van der Waals surface area contributed by atoms with Gasteiger partial charge < -0.3 is 9.47 Å². The lowest BCUT2D eigenvalue weighted by atomic mass is 9.94. The van der Waals surface area contributed by atoms with Crippen LogP contribution in [0.25, 0.3) is 0 Å². The Labute approximate surface area is 219 Å². The molecule has 1 heterocycles. The predicted octanol–water partition coefficient (Wildman–Crippen LogP) is 7.37. The van der Waals surface area contributed by atoms with Gasteiger partial charge in [0.2, 0.25) is 0 Å². The van der Waals surface area contributed by atoms with E-state index >= 15 is 0 Å². The third kappa shape index (κ3) is 5.67. The molecule has 4 aromatic rings. The Kier molecular flexibility index (Phi) is 7.36. The number of amides is 1. The van der Waals surface area contributed by atoms with Crippen LogP contribution in [0.1, 0.15) is 33.5 Å². The van der Waals surface area contributed by atoms with Crippen molar-refractivity contribution >= 4 is 11.6 Å². The lowest BCUT2D eigenvalue weighted by Crippen LogP contribution is -2.51. The van der Waals surface area contributed by atoms with Crippen LogP contribution >= 0.6 is 0 Å². The summed E-state index contributed by atoms with van der Waals surface area (Å²) in [7, 11) is 0. The molecule has 0 N–H and O–H groups in total. The second-order valence-electron chi connectivity index (χ2n) is 9.11. The van der Waals surface area contributed by atoms with Crippen molar-refractivity contribution in [3.63, 3.8) is 0 Å². The largest absolute Gasteiger partial charge is 0.489 e. The number of hydrogen-bond acceptors (Lipinski definition) is 3. The summed E-state index contributed by atoms with van der Waals surface area (Å²) in [5.41, 5.74) is 2.83. The van der Waals surface area contributed by atoms with Crippen molar-refractivity contribution in [2.45, 2.75) is 38.3 Å². The summed E-state index contributed by atoms with van der Waals surface area (Å²) in [4.78, 5) is 14.7. The van der Waals surface area contributed by atoms with Crippen molar-refractivity contribution in [1.82, 2.24) is 0 Å². The van der Waals surface area contributed by atoms with Crippen molar-refractivity contribution in [3.05, 3.63) is 125 Å². The molecule has 1 unspecified atom stereocenters. The topological polar surface area (TPSA) is 38.8 Å². The quantitative estimate of drug-likeness (QED) is 0.257. The molecule has 1 atom stereocenters. The lowest BCUT2D eigenvalue weighted by Gasteiger charge is -2.38. The number of benzene rings is 4. The zero-order chi connectivity index (χ0) is 26.5. The number of anilines is 1. The highest BCUT2D eigenvalue weighted by Crippen LogP contribution is 2.40. The first kappa shape index (κ1) is 25.4. The number of ether oxygens (including phenoxy) is 2. The molecule has 4 aromatic carbocycles. The molecule has 5 rings (SSSR count). The fourth-order valence-corrected chi connectivity index (χ4v) is 4.60. The highest BCUT2D eigenvalue weighted by Gasteiger charge is 2.48. The van der Waals surface area contributed by atoms with Crippen LogP contribution < -0.4 is 14.4 Å². The highest BCUT2D eigenvalue weighted by atomic mass is 19.4. The second kappa shape index (κ2) is 11.0. The zero-order valence-electron chi connectivity index (χ0n) is 20.5. The summed E-state index contributed by atoms with van der Waals surface area (Å²) in [5.74, 6) is -0.162. The van der Waals surface area contributed by atoms with Gasteiger partial charge in [0.25, 0.3) is 5.91 Å². The Morgan fingerprint density at radius 2 is 1.39 bits per heavy atom. The van der Waals surface area contributed by atoms with Crippen LogP contribution in [0, 0.1) is 0 Å². The average molecular weight is 518 g/mol. The van der Waals surface area contributed by atoms with Gasteiger partial charge >= 0.3 is 6.18 Å². The summed E-state index contributed by atoms with van der Waals surface area (Å²) in [6, 6.07) is 28.4. The molecular formula is C31H26F3NO3. The van der Waals surface area contributed by atoms with E-state index in [9.17, 15) is 18.0 Å². The van der Waals surface area contributed by atoms with E-state index in [0.29, 0.717) is 17.9 Å². The molecule has 0 aromatic heterocycles. The summed E-state index contributed by atoms with van der Waals surface area (Å²) in [6.07, 6.45) is -4.54. The van der Waals surface area contributed by atoms with Gasteiger partial charge in [0.15, 0.2) is 0 Å². The molecule has 0 bridgehead atoms. The zero-order valence-corrected chi connectivity index (χ0v) is 20.5. The molecule has 1 aliphatic rings. The predicted molar refractivity (Wildman–Crippen MR) is 139 cm³/mol. The smallest absolute Gasteiger partial charge is 0.409 e. The lowest BCUT2D eigenvalue weighted by molar-refractivity contribution is -0.149. The van der Waals surface area contributed by atoms with Crippen LogP contribution in [0.3, 0.4) is 0 Å². The van der Waals surface area contributed by atoms with Gasteiger partial charge in [-0.05, 0) is 47.7 Å². The Morgan fingerprint density at radius 3 is 2.05 bits per heavy atom. The maximum atomic E-state index is 14.1. The number of para-hydroxylation sites is 1. The maximum absolute atomic E-state index is 14.1. The average Bonchev–Trinajstić information content (AvgIpc) is 2.94. The minimum Gasteiger partial charge on any atom is -0.489 e. The van der Waals surface area contributed by atoms with Crippen LogP contribution in [-0.4, -0.2) is 18.1 Å². The van der Waals surface area contributed by atoms with E-state index in [-0.39, 0.29) is 36.4 Å². The van der Waals surface area contributed by atoms with Gasteiger partial charge in [-0.15, -0.1) is 0 Å². The molecule has 194 valence electrons. The minimum atomic E-state index is -4.58. The third-order valence-electron chi connectivity index (χ3n) is 6.52. The van der Waals surface area contributed by atoms with Gasteiger partial charge in [0, 0.05) is 11.8 Å². The standard InChI is InChI=1S/C31H26F3NO3/c32-31(33,34)29-18-15-24-13-7-8-14-27(24)35(29)30(36)26-17-16-25(37-20-22-9-3-1-4-10-22)19-28(26)38-21-23-11-5-2-6-12-23/h1-14,16-17,19,29H,15,18,20-21H2. The Bertz CT molecular complexity index is 1390. The molecular weight excluding hydrogens is 491 g/mol. The third-order valence-corrected chi connectivity index (χ3v) is 6.52. The maximum Gasteiger partial charge on any atom is 0.409 e. The minimum absolute atomic E-state index is 0.0407. The molecule has 38 heavy (non-hydrogen) atoms. The van der Waals surface area contributed by atoms with Crippen molar-refractivity contribution in [2.24, 2.45) is 0 Å². The second-order valence-corrected chi connectivity index (χ2v) is 9.11.